The number of carbonyl (C=O) groups is 2. The topological polar surface area (TPSA) is 96.7 Å². The van der Waals surface area contributed by atoms with E-state index in [1.165, 1.54) is 0 Å². The number of rotatable bonds is 2. The molecule has 5 atom stereocenters. The number of aryl methyl sites for hydroxylation is 1. The Bertz CT molecular complexity index is 958. The van der Waals surface area contributed by atoms with Crippen LogP contribution in [-0.2, 0) is 14.3 Å². The van der Waals surface area contributed by atoms with Crippen LogP contribution in [0.3, 0.4) is 0 Å². The lowest BCUT2D eigenvalue weighted by Crippen LogP contribution is -2.45. The van der Waals surface area contributed by atoms with Gasteiger partial charge >= 0.3 is 5.97 Å². The first-order valence-electron chi connectivity index (χ1n) is 11.9. The molecule has 0 radical (unpaired) electrons. The Labute approximate surface area is 207 Å². The van der Waals surface area contributed by atoms with Gasteiger partial charge in [-0.05, 0) is 38.8 Å². The highest BCUT2D eigenvalue weighted by Gasteiger charge is 2.42. The van der Waals surface area contributed by atoms with Gasteiger partial charge in [0.25, 0.3) is 0 Å². The Kier molecular flexibility index (Phi) is 9.97. The van der Waals surface area contributed by atoms with Gasteiger partial charge in [-0.2, -0.15) is 0 Å². The number of allylic oxidation sites excluding steroid dienone is 2. The molecule has 7 heteroatoms. The van der Waals surface area contributed by atoms with Crippen molar-refractivity contribution in [3.8, 4) is 0 Å². The Morgan fingerprint density at radius 1 is 1.24 bits per heavy atom. The largest absolute Gasteiger partial charge is 0.457 e. The Morgan fingerprint density at radius 3 is 2.53 bits per heavy atom. The van der Waals surface area contributed by atoms with E-state index in [0.29, 0.717) is 12.8 Å². The van der Waals surface area contributed by atoms with Crippen molar-refractivity contribution in [2.45, 2.75) is 86.0 Å². The number of Topliss-reactive ketones (excluding diaryl/α,β-unsaturated/α-hetero) is 1. The second-order valence-electron chi connectivity index (χ2n) is 10.0. The molecule has 1 aliphatic heterocycles. The van der Waals surface area contributed by atoms with Crippen LogP contribution in [0.2, 0.25) is 0 Å². The zero-order valence-corrected chi connectivity index (χ0v) is 22.2. The minimum atomic E-state index is -1.23. The van der Waals surface area contributed by atoms with Gasteiger partial charge in [-0.15, -0.1) is 11.3 Å². The molecule has 1 aromatic heterocycles. The number of cyclic esters (lactones) is 1. The first-order valence-corrected chi connectivity index (χ1v) is 12.7. The van der Waals surface area contributed by atoms with Crippen LogP contribution in [0.5, 0.6) is 0 Å². The van der Waals surface area contributed by atoms with E-state index in [0.717, 1.165) is 21.8 Å². The predicted molar refractivity (Wildman–Crippen MR) is 136 cm³/mol. The summed E-state index contributed by atoms with van der Waals surface area (Å²) in [5.74, 6) is -1.77. The molecular weight excluding hydrogens is 450 g/mol. The molecule has 2 N–H and O–H groups in total. The van der Waals surface area contributed by atoms with Crippen LogP contribution in [0.4, 0.5) is 0 Å². The molecule has 6 nitrogen and oxygen atoms in total. The molecule has 34 heavy (non-hydrogen) atoms. The van der Waals surface area contributed by atoms with E-state index in [1.807, 2.05) is 57.4 Å². The summed E-state index contributed by atoms with van der Waals surface area (Å²) in [6, 6.07) is 0. The number of nitrogens with zero attached hydrogens (tertiary/aromatic N) is 1. The first-order chi connectivity index (χ1) is 15.8. The molecular formula is C27H39NO5S. The van der Waals surface area contributed by atoms with Crippen LogP contribution >= 0.6 is 11.3 Å². The number of thiazole rings is 1. The van der Waals surface area contributed by atoms with Gasteiger partial charge in [0.05, 0.1) is 34.7 Å². The molecule has 1 aromatic rings. The van der Waals surface area contributed by atoms with Crippen molar-refractivity contribution in [1.82, 2.24) is 4.98 Å². The highest BCUT2D eigenvalue weighted by molar-refractivity contribution is 7.09. The van der Waals surface area contributed by atoms with Crippen molar-refractivity contribution in [3.05, 3.63) is 45.5 Å². The number of aromatic nitrogens is 1. The molecule has 2 rings (SSSR count). The predicted octanol–water partition coefficient (Wildman–Crippen LogP) is 5.04. The van der Waals surface area contributed by atoms with Crippen LogP contribution in [0, 0.1) is 24.2 Å². The summed E-state index contributed by atoms with van der Waals surface area (Å²) >= 11 is 1.56. The number of carbonyl (C=O) groups excluding carboxylic acids is 2. The highest BCUT2D eigenvalue weighted by Crippen LogP contribution is 2.31. The van der Waals surface area contributed by atoms with Gasteiger partial charge in [0.2, 0.25) is 0 Å². The van der Waals surface area contributed by atoms with E-state index in [-0.39, 0.29) is 18.1 Å². The normalized spacial score (nSPS) is 32.6. The number of ketones is 1. The number of ether oxygens (including phenoxy) is 1. The zero-order chi connectivity index (χ0) is 25.6. The lowest BCUT2D eigenvalue weighted by molar-refractivity contribution is -0.154. The molecule has 0 bridgehead atoms. The Balaban J connectivity index is 2.37. The van der Waals surface area contributed by atoms with E-state index in [2.05, 4.69) is 4.98 Å². The minimum absolute atomic E-state index is 0.225. The molecule has 0 aromatic carbocycles. The fourth-order valence-electron chi connectivity index (χ4n) is 4.05. The molecule has 188 valence electrons. The van der Waals surface area contributed by atoms with Crippen LogP contribution in [0.1, 0.15) is 71.5 Å². The molecule has 1 aliphatic rings. The first kappa shape index (κ1) is 28.1. The van der Waals surface area contributed by atoms with E-state index in [1.54, 1.807) is 32.1 Å². The zero-order valence-electron chi connectivity index (χ0n) is 21.4. The van der Waals surface area contributed by atoms with E-state index in [4.69, 9.17) is 4.74 Å². The van der Waals surface area contributed by atoms with Gasteiger partial charge < -0.3 is 14.9 Å². The van der Waals surface area contributed by atoms with Gasteiger partial charge in [0.15, 0.2) is 0 Å². The molecule has 0 saturated heterocycles. The fraction of sp³-hybridized carbons (Fsp3) is 0.593. The number of esters is 1. The van der Waals surface area contributed by atoms with Crippen molar-refractivity contribution in [2.75, 3.05) is 0 Å². The van der Waals surface area contributed by atoms with Crippen molar-refractivity contribution >= 4 is 29.2 Å². The average molecular weight is 490 g/mol. The van der Waals surface area contributed by atoms with Gasteiger partial charge in [0.1, 0.15) is 11.9 Å². The quantitative estimate of drug-likeness (QED) is 0.446. The van der Waals surface area contributed by atoms with Crippen LogP contribution in [0.15, 0.2) is 34.8 Å². The SMILES string of the molecule is C/C1=C/C[C@@H](/C(C)=C/c2csc(C)n2)OC(=O)C[C@H](O)C(C)(C)C(=O)[C@H](C)[C@@H](O)[C@@H](C)/C=C\C1. The maximum Gasteiger partial charge on any atom is 0.309 e. The van der Waals surface area contributed by atoms with Crippen molar-refractivity contribution < 1.29 is 24.5 Å². The van der Waals surface area contributed by atoms with Gasteiger partial charge in [-0.25, -0.2) is 4.98 Å². The Hall–Kier alpha value is -2.09. The summed E-state index contributed by atoms with van der Waals surface area (Å²) in [4.78, 5) is 30.4. The summed E-state index contributed by atoms with van der Waals surface area (Å²) in [6.07, 6.45) is 6.13. The maximum absolute atomic E-state index is 13.1. The fourth-order valence-corrected chi connectivity index (χ4v) is 4.62. The van der Waals surface area contributed by atoms with Crippen molar-refractivity contribution in [3.63, 3.8) is 0 Å². The highest BCUT2D eigenvalue weighted by atomic mass is 32.1. The number of aliphatic hydroxyl groups excluding tert-OH is 2. The summed E-state index contributed by atoms with van der Waals surface area (Å²) in [5, 5.41) is 24.4. The van der Waals surface area contributed by atoms with Gasteiger partial charge in [-0.3, -0.25) is 9.59 Å². The third kappa shape index (κ3) is 7.45. The summed E-state index contributed by atoms with van der Waals surface area (Å²) < 4.78 is 5.79. The van der Waals surface area contributed by atoms with Gasteiger partial charge in [0, 0.05) is 23.6 Å². The van der Waals surface area contributed by atoms with Crippen molar-refractivity contribution in [2.24, 2.45) is 17.3 Å². The molecule has 0 fully saturated rings. The van der Waals surface area contributed by atoms with E-state index < -0.39 is 35.6 Å². The van der Waals surface area contributed by atoms with Gasteiger partial charge in [-0.1, -0.05) is 51.5 Å². The molecule has 0 unspecified atom stereocenters. The summed E-state index contributed by atoms with van der Waals surface area (Å²) in [6.45, 7) is 12.6. The Morgan fingerprint density at radius 2 is 1.91 bits per heavy atom. The minimum Gasteiger partial charge on any atom is -0.457 e. The lowest BCUT2D eigenvalue weighted by Gasteiger charge is -2.34. The van der Waals surface area contributed by atoms with E-state index in [9.17, 15) is 19.8 Å². The maximum atomic E-state index is 13.1. The third-order valence-corrected chi connectivity index (χ3v) is 7.44. The number of hydrogen-bond acceptors (Lipinski definition) is 7. The van der Waals surface area contributed by atoms with E-state index >= 15 is 0 Å². The average Bonchev–Trinajstić information content (AvgIpc) is 3.18. The second-order valence-corrected chi connectivity index (χ2v) is 11.1. The monoisotopic (exact) mass is 489 g/mol. The number of aliphatic hydroxyl groups is 2. The number of hydrogen-bond donors (Lipinski definition) is 2. The molecule has 0 spiro atoms. The second kappa shape index (κ2) is 12.0. The molecule has 0 aliphatic carbocycles. The van der Waals surface area contributed by atoms with Crippen LogP contribution < -0.4 is 0 Å². The third-order valence-electron chi connectivity index (χ3n) is 6.65. The summed E-state index contributed by atoms with van der Waals surface area (Å²) in [5.41, 5.74) is 1.57. The van der Waals surface area contributed by atoms with Crippen LogP contribution in [-0.4, -0.2) is 45.3 Å². The lowest BCUT2D eigenvalue weighted by atomic mass is 9.73. The molecule has 2 heterocycles. The molecule has 0 saturated carbocycles. The van der Waals surface area contributed by atoms with Crippen molar-refractivity contribution in [1.29, 1.82) is 0 Å². The standard InChI is InChI=1S/C27H39NO5S/c1-16-9-8-10-17(2)25(31)19(4)26(32)27(6,7)23(29)14-24(30)33-22(12-11-16)18(3)13-21-15-34-20(5)28-21/h8,10-11,13,15,17,19,22-23,25,29,31H,9,12,14H2,1-7H3/b10-8-,16-11-,18-13+/t17-,19+,22-,23-,25-/m0/s1. The smallest absolute Gasteiger partial charge is 0.309 e. The molecule has 0 amide bonds. The summed E-state index contributed by atoms with van der Waals surface area (Å²) in [7, 11) is 0. The van der Waals surface area contributed by atoms with Crippen LogP contribution in [0.25, 0.3) is 6.08 Å².